The van der Waals surface area contributed by atoms with Crippen molar-refractivity contribution in [1.29, 1.82) is 0 Å². The van der Waals surface area contributed by atoms with Crippen LogP contribution in [-0.4, -0.2) is 33.4 Å². The Morgan fingerprint density at radius 2 is 1.61 bits per heavy atom. The van der Waals surface area contributed by atoms with Crippen molar-refractivity contribution in [2.75, 3.05) is 13.1 Å². The Morgan fingerprint density at radius 3 is 2.28 bits per heavy atom. The number of carbonyl (C=O) groups is 1. The predicted octanol–water partition coefficient (Wildman–Crippen LogP) is 6.92. The summed E-state index contributed by atoms with van der Waals surface area (Å²) >= 11 is 6.17. The van der Waals surface area contributed by atoms with Crippen LogP contribution < -0.4 is 11.3 Å². The molecule has 0 saturated heterocycles. The maximum atomic E-state index is 13.4. The zero-order valence-corrected chi connectivity index (χ0v) is 23.5. The highest BCUT2D eigenvalue weighted by Gasteiger charge is 2.25. The second kappa shape index (κ2) is 16.8. The van der Waals surface area contributed by atoms with Gasteiger partial charge in [-0.2, -0.15) is 0 Å². The van der Waals surface area contributed by atoms with Crippen LogP contribution in [0.15, 0.2) is 23.0 Å². The van der Waals surface area contributed by atoms with E-state index in [4.69, 9.17) is 22.3 Å². The molecule has 1 heterocycles. The maximum absolute atomic E-state index is 13.4. The van der Waals surface area contributed by atoms with E-state index < -0.39 is 0 Å². The average Bonchev–Trinajstić information content (AvgIpc) is 2.86. The molecule has 1 unspecified atom stereocenters. The summed E-state index contributed by atoms with van der Waals surface area (Å²) in [6, 6.07) is 4.84. The number of amides is 1. The van der Waals surface area contributed by atoms with Gasteiger partial charge in [-0.25, -0.2) is 4.98 Å². The smallest absolute Gasteiger partial charge is 0.261 e. The van der Waals surface area contributed by atoms with Crippen LogP contribution in [0.2, 0.25) is 5.02 Å². The van der Waals surface area contributed by atoms with Gasteiger partial charge in [0.25, 0.3) is 5.56 Å². The SMILES string of the molecule is CCCCCCCCCCCC(=O)N(CCCCCCN)C(C)c1nc2cc(Cl)ccc2c(=O)n1C. The van der Waals surface area contributed by atoms with Gasteiger partial charge >= 0.3 is 0 Å². The molecule has 0 aliphatic carbocycles. The molecule has 1 aromatic carbocycles. The fraction of sp³-hybridized carbons (Fsp3) is 0.690. The number of unbranched alkanes of at least 4 members (excludes halogenated alkanes) is 11. The predicted molar refractivity (Wildman–Crippen MR) is 151 cm³/mol. The Hall–Kier alpha value is -1.92. The number of hydrogen-bond acceptors (Lipinski definition) is 4. The van der Waals surface area contributed by atoms with Gasteiger partial charge in [0.05, 0.1) is 16.9 Å². The highest BCUT2D eigenvalue weighted by molar-refractivity contribution is 6.31. The van der Waals surface area contributed by atoms with E-state index in [9.17, 15) is 9.59 Å². The van der Waals surface area contributed by atoms with Crippen molar-refractivity contribution >= 4 is 28.4 Å². The number of benzene rings is 1. The minimum atomic E-state index is -0.299. The minimum Gasteiger partial charge on any atom is -0.333 e. The topological polar surface area (TPSA) is 81.2 Å². The zero-order valence-electron chi connectivity index (χ0n) is 22.7. The first-order valence-electron chi connectivity index (χ1n) is 14.1. The molecular weight excluding hydrogens is 472 g/mol. The molecule has 1 aromatic heterocycles. The number of carbonyl (C=O) groups excluding carboxylic acids is 1. The largest absolute Gasteiger partial charge is 0.333 e. The first-order chi connectivity index (χ1) is 17.4. The van der Waals surface area contributed by atoms with Gasteiger partial charge in [0.15, 0.2) is 0 Å². The van der Waals surface area contributed by atoms with E-state index in [0.717, 1.165) is 38.5 Å². The quantitative estimate of drug-likeness (QED) is 0.217. The molecule has 1 amide bonds. The normalized spacial score (nSPS) is 12.2. The monoisotopic (exact) mass is 518 g/mol. The van der Waals surface area contributed by atoms with E-state index in [-0.39, 0.29) is 17.5 Å². The van der Waals surface area contributed by atoms with Crippen LogP contribution in [0.25, 0.3) is 10.9 Å². The first kappa shape index (κ1) is 30.3. The number of aromatic nitrogens is 2. The Bertz CT molecular complexity index is 991. The summed E-state index contributed by atoms with van der Waals surface area (Å²) in [5.74, 6) is 0.738. The van der Waals surface area contributed by atoms with Gasteiger partial charge < -0.3 is 10.6 Å². The molecule has 2 aromatic rings. The highest BCUT2D eigenvalue weighted by atomic mass is 35.5. The van der Waals surface area contributed by atoms with Crippen molar-refractivity contribution in [3.63, 3.8) is 0 Å². The lowest BCUT2D eigenvalue weighted by Gasteiger charge is -2.30. The molecule has 0 radical (unpaired) electrons. The van der Waals surface area contributed by atoms with Crippen LogP contribution in [0, 0.1) is 0 Å². The standard InChI is InChI=1S/C29H47ClN4O2/c1-4-5-6-7-8-9-10-11-14-17-27(35)34(21-16-13-12-15-20-31)23(2)28-32-26-22-24(30)18-19-25(26)29(36)33(28)3/h18-19,22-23H,4-17,20-21,31H2,1-3H3. The lowest BCUT2D eigenvalue weighted by Crippen LogP contribution is -2.37. The van der Waals surface area contributed by atoms with E-state index in [1.165, 1.54) is 44.9 Å². The second-order valence-electron chi connectivity index (χ2n) is 10.0. The molecule has 0 aliphatic heterocycles. The molecule has 1 atom stereocenters. The molecule has 0 aliphatic rings. The van der Waals surface area contributed by atoms with E-state index in [1.54, 1.807) is 29.8 Å². The van der Waals surface area contributed by atoms with E-state index in [2.05, 4.69) is 6.92 Å². The van der Waals surface area contributed by atoms with Crippen molar-refractivity contribution in [3.05, 3.63) is 39.4 Å². The summed E-state index contributed by atoms with van der Waals surface area (Å²) in [7, 11) is 1.74. The van der Waals surface area contributed by atoms with Crippen molar-refractivity contribution in [1.82, 2.24) is 14.5 Å². The Kier molecular flexibility index (Phi) is 14.1. The maximum Gasteiger partial charge on any atom is 0.261 e. The molecule has 0 bridgehead atoms. The van der Waals surface area contributed by atoms with Crippen LogP contribution in [-0.2, 0) is 11.8 Å². The molecule has 202 valence electrons. The summed E-state index contributed by atoms with van der Waals surface area (Å²) in [4.78, 5) is 33.1. The van der Waals surface area contributed by atoms with Gasteiger partial charge in [0, 0.05) is 25.0 Å². The minimum absolute atomic E-state index is 0.118. The van der Waals surface area contributed by atoms with Gasteiger partial charge in [0.1, 0.15) is 5.82 Å². The molecule has 7 heteroatoms. The summed E-state index contributed by atoms with van der Waals surface area (Å²) in [5.41, 5.74) is 6.09. The average molecular weight is 519 g/mol. The Balaban J connectivity index is 2.05. The Morgan fingerprint density at radius 1 is 1.00 bits per heavy atom. The fourth-order valence-electron chi connectivity index (χ4n) is 4.82. The van der Waals surface area contributed by atoms with E-state index in [1.807, 2.05) is 11.8 Å². The molecule has 0 saturated carbocycles. The number of halogens is 1. The lowest BCUT2D eigenvalue weighted by molar-refractivity contribution is -0.133. The van der Waals surface area contributed by atoms with Gasteiger partial charge in [-0.3, -0.25) is 14.2 Å². The summed E-state index contributed by atoms with van der Waals surface area (Å²) in [6.45, 7) is 5.58. The summed E-state index contributed by atoms with van der Waals surface area (Å²) in [5, 5.41) is 1.08. The fourth-order valence-corrected chi connectivity index (χ4v) is 4.99. The molecule has 2 N–H and O–H groups in total. The van der Waals surface area contributed by atoms with Crippen LogP contribution in [0.5, 0.6) is 0 Å². The third-order valence-corrected chi connectivity index (χ3v) is 7.32. The van der Waals surface area contributed by atoms with Gasteiger partial charge in [0.2, 0.25) is 5.91 Å². The van der Waals surface area contributed by atoms with E-state index >= 15 is 0 Å². The van der Waals surface area contributed by atoms with Gasteiger partial charge in [-0.15, -0.1) is 0 Å². The third-order valence-electron chi connectivity index (χ3n) is 7.08. The number of nitrogens with two attached hydrogens (primary N) is 1. The van der Waals surface area contributed by atoms with Crippen molar-refractivity contribution in [2.24, 2.45) is 12.8 Å². The molecule has 0 fully saturated rings. The first-order valence-corrected chi connectivity index (χ1v) is 14.4. The van der Waals surface area contributed by atoms with Crippen molar-refractivity contribution in [3.8, 4) is 0 Å². The van der Waals surface area contributed by atoms with Crippen LogP contribution in [0.3, 0.4) is 0 Å². The third kappa shape index (κ3) is 9.51. The summed E-state index contributed by atoms with van der Waals surface area (Å²) < 4.78 is 1.58. The number of nitrogens with zero attached hydrogens (tertiary/aromatic N) is 3. The molecule has 0 spiro atoms. The molecule has 2 rings (SSSR count). The molecule has 36 heavy (non-hydrogen) atoms. The lowest BCUT2D eigenvalue weighted by atomic mass is 10.1. The van der Waals surface area contributed by atoms with Crippen molar-refractivity contribution in [2.45, 2.75) is 110 Å². The Labute approximate surface area is 222 Å². The zero-order chi connectivity index (χ0) is 26.3. The summed E-state index contributed by atoms with van der Waals surface area (Å²) in [6.07, 6.45) is 15.6. The highest BCUT2D eigenvalue weighted by Crippen LogP contribution is 2.23. The van der Waals surface area contributed by atoms with Gasteiger partial charge in [-0.1, -0.05) is 82.7 Å². The van der Waals surface area contributed by atoms with Crippen LogP contribution in [0.4, 0.5) is 0 Å². The van der Waals surface area contributed by atoms with E-state index in [0.29, 0.717) is 41.3 Å². The second-order valence-corrected chi connectivity index (χ2v) is 10.5. The van der Waals surface area contributed by atoms with Crippen molar-refractivity contribution < 1.29 is 4.79 Å². The number of hydrogen-bond donors (Lipinski definition) is 1. The van der Waals surface area contributed by atoms with Gasteiger partial charge in [-0.05, 0) is 50.9 Å². The number of rotatable bonds is 18. The number of fused-ring (bicyclic) bond motifs is 1. The van der Waals surface area contributed by atoms with Crippen LogP contribution in [0.1, 0.15) is 116 Å². The van der Waals surface area contributed by atoms with Crippen LogP contribution >= 0.6 is 11.6 Å². The molecule has 6 nitrogen and oxygen atoms in total. The molecular formula is C29H47ClN4O2.